The molecule has 1 saturated heterocycles. The van der Waals surface area contributed by atoms with E-state index in [0.29, 0.717) is 37.0 Å². The molecule has 2 amide bonds. The van der Waals surface area contributed by atoms with Crippen LogP contribution in [-0.4, -0.2) is 64.2 Å². The molecule has 1 N–H and O–H groups in total. The molecule has 8 nitrogen and oxygen atoms in total. The summed E-state index contributed by atoms with van der Waals surface area (Å²) in [5.74, 6) is 1.31. The molecule has 36 heavy (non-hydrogen) atoms. The van der Waals surface area contributed by atoms with Crippen LogP contribution in [0.1, 0.15) is 63.8 Å². The number of aryl methyl sites for hydroxylation is 1. The predicted molar refractivity (Wildman–Crippen MR) is 140 cm³/mol. The van der Waals surface area contributed by atoms with Gasteiger partial charge in [-0.3, -0.25) is 4.79 Å². The fourth-order valence-corrected chi connectivity index (χ4v) is 5.18. The van der Waals surface area contributed by atoms with Gasteiger partial charge in [0.25, 0.3) is 0 Å². The number of ether oxygens (including phenoxy) is 1. The first kappa shape index (κ1) is 26.2. The number of hydrogen-bond donors (Lipinski definition) is 1. The average molecular weight is 514 g/mol. The van der Waals surface area contributed by atoms with Gasteiger partial charge in [0.1, 0.15) is 23.8 Å². The number of amides is 2. The molecular formula is C27H36ClN5O3. The van der Waals surface area contributed by atoms with Gasteiger partial charge in [0.15, 0.2) is 0 Å². The fraction of sp³-hybridized carbons (Fsp3) is 0.556. The number of carbonyl (C=O) groups excluding carboxylic acids is 2. The Morgan fingerprint density at radius 2 is 1.89 bits per heavy atom. The normalized spacial score (nSPS) is 20.6. The SMILES string of the molecule is CC1CCc2ncnc(N3CCN(C(=O)C(Cc4ccc(Cl)cc4)NC(=O)OC(C)(C)C)CC3C)c21. The minimum Gasteiger partial charge on any atom is -0.444 e. The first-order valence-electron chi connectivity index (χ1n) is 12.6. The average Bonchev–Trinajstić information content (AvgIpc) is 3.19. The lowest BCUT2D eigenvalue weighted by Crippen LogP contribution is -2.59. The van der Waals surface area contributed by atoms with E-state index in [0.717, 1.165) is 29.9 Å². The Kier molecular flexibility index (Phi) is 7.73. The highest BCUT2D eigenvalue weighted by Crippen LogP contribution is 2.38. The molecule has 1 aliphatic heterocycles. The third kappa shape index (κ3) is 6.09. The maximum Gasteiger partial charge on any atom is 0.408 e. The molecule has 2 aliphatic rings. The predicted octanol–water partition coefficient (Wildman–Crippen LogP) is 4.35. The quantitative estimate of drug-likeness (QED) is 0.639. The number of alkyl carbamates (subject to hydrolysis) is 1. The number of piperazine rings is 1. The van der Waals surface area contributed by atoms with Crippen LogP contribution in [0, 0.1) is 0 Å². The zero-order valence-electron chi connectivity index (χ0n) is 21.8. The zero-order valence-corrected chi connectivity index (χ0v) is 22.5. The molecule has 1 aromatic heterocycles. The summed E-state index contributed by atoms with van der Waals surface area (Å²) in [7, 11) is 0. The summed E-state index contributed by atoms with van der Waals surface area (Å²) < 4.78 is 5.45. The molecule has 0 saturated carbocycles. The molecule has 3 atom stereocenters. The highest BCUT2D eigenvalue weighted by Gasteiger charge is 2.35. The van der Waals surface area contributed by atoms with E-state index in [1.165, 1.54) is 5.56 Å². The summed E-state index contributed by atoms with van der Waals surface area (Å²) in [6.07, 6.45) is 3.48. The van der Waals surface area contributed by atoms with Crippen molar-refractivity contribution in [1.29, 1.82) is 0 Å². The van der Waals surface area contributed by atoms with Gasteiger partial charge in [-0.2, -0.15) is 0 Å². The number of anilines is 1. The Bertz CT molecular complexity index is 1100. The Morgan fingerprint density at radius 3 is 2.56 bits per heavy atom. The molecule has 1 aliphatic carbocycles. The van der Waals surface area contributed by atoms with E-state index in [1.54, 1.807) is 39.2 Å². The first-order chi connectivity index (χ1) is 17.0. The monoisotopic (exact) mass is 513 g/mol. The molecule has 1 fully saturated rings. The molecular weight excluding hydrogens is 478 g/mol. The van der Waals surface area contributed by atoms with Crippen LogP contribution in [0.15, 0.2) is 30.6 Å². The van der Waals surface area contributed by atoms with Crippen LogP contribution in [0.3, 0.4) is 0 Å². The molecule has 0 spiro atoms. The maximum absolute atomic E-state index is 13.7. The van der Waals surface area contributed by atoms with Gasteiger partial charge in [-0.05, 0) is 64.2 Å². The van der Waals surface area contributed by atoms with Gasteiger partial charge in [0, 0.05) is 48.4 Å². The topological polar surface area (TPSA) is 87.7 Å². The second kappa shape index (κ2) is 10.6. The summed E-state index contributed by atoms with van der Waals surface area (Å²) in [6, 6.07) is 6.64. The minimum atomic E-state index is -0.747. The van der Waals surface area contributed by atoms with Crippen LogP contribution in [0.4, 0.5) is 10.6 Å². The van der Waals surface area contributed by atoms with Crippen molar-refractivity contribution >= 4 is 29.4 Å². The molecule has 0 bridgehead atoms. The van der Waals surface area contributed by atoms with E-state index in [9.17, 15) is 9.59 Å². The number of carbonyl (C=O) groups is 2. The highest BCUT2D eigenvalue weighted by atomic mass is 35.5. The van der Waals surface area contributed by atoms with Crippen LogP contribution in [0.25, 0.3) is 0 Å². The van der Waals surface area contributed by atoms with Crippen LogP contribution in [-0.2, 0) is 22.4 Å². The molecule has 2 heterocycles. The number of benzene rings is 1. The second-order valence-corrected chi connectivity index (χ2v) is 11.3. The molecule has 9 heteroatoms. The third-order valence-corrected chi connectivity index (χ3v) is 7.06. The lowest BCUT2D eigenvalue weighted by molar-refractivity contribution is -0.134. The number of hydrogen-bond acceptors (Lipinski definition) is 6. The second-order valence-electron chi connectivity index (χ2n) is 10.9. The largest absolute Gasteiger partial charge is 0.444 e. The van der Waals surface area contributed by atoms with E-state index in [4.69, 9.17) is 16.3 Å². The van der Waals surface area contributed by atoms with Crippen LogP contribution in [0.2, 0.25) is 5.02 Å². The molecule has 194 valence electrons. The van der Waals surface area contributed by atoms with Crippen molar-refractivity contribution in [2.24, 2.45) is 0 Å². The van der Waals surface area contributed by atoms with Crippen LogP contribution >= 0.6 is 11.6 Å². The molecule has 3 unspecified atom stereocenters. The van der Waals surface area contributed by atoms with Gasteiger partial charge < -0.3 is 19.9 Å². The van der Waals surface area contributed by atoms with Crippen molar-refractivity contribution in [1.82, 2.24) is 20.2 Å². The molecule has 1 aromatic carbocycles. The summed E-state index contributed by atoms with van der Waals surface area (Å²) in [5.41, 5.74) is 2.64. The van der Waals surface area contributed by atoms with E-state index in [2.05, 4.69) is 34.0 Å². The van der Waals surface area contributed by atoms with Crippen LogP contribution in [0.5, 0.6) is 0 Å². The van der Waals surface area contributed by atoms with Gasteiger partial charge in [0.05, 0.1) is 0 Å². The standard InChI is InChI=1S/C27H36ClN5O3/c1-17-6-11-21-23(17)24(30-16-29-21)33-13-12-32(15-18(33)2)25(34)22(31-26(35)36-27(3,4)5)14-19-7-9-20(28)10-8-19/h7-10,16-18,22H,6,11-15H2,1-5H3,(H,31,35). The van der Waals surface area contributed by atoms with Crippen molar-refractivity contribution in [2.75, 3.05) is 24.5 Å². The summed E-state index contributed by atoms with van der Waals surface area (Å²) in [5, 5.41) is 3.43. The van der Waals surface area contributed by atoms with Crippen molar-refractivity contribution in [3.63, 3.8) is 0 Å². The van der Waals surface area contributed by atoms with Crippen LogP contribution < -0.4 is 10.2 Å². The maximum atomic E-state index is 13.7. The Balaban J connectivity index is 1.49. The number of rotatable bonds is 5. The lowest BCUT2D eigenvalue weighted by atomic mass is 10.0. The molecule has 0 radical (unpaired) electrons. The summed E-state index contributed by atoms with van der Waals surface area (Å²) >= 11 is 6.04. The number of halogens is 1. The number of nitrogens with one attached hydrogen (secondary N) is 1. The molecule has 4 rings (SSSR count). The molecule has 2 aromatic rings. The van der Waals surface area contributed by atoms with E-state index >= 15 is 0 Å². The van der Waals surface area contributed by atoms with Gasteiger partial charge in [-0.1, -0.05) is 30.7 Å². The van der Waals surface area contributed by atoms with Gasteiger partial charge in [0.2, 0.25) is 5.91 Å². The van der Waals surface area contributed by atoms with Crippen molar-refractivity contribution in [3.05, 3.63) is 52.4 Å². The summed E-state index contributed by atoms with van der Waals surface area (Å²) in [6.45, 7) is 11.5. The Morgan fingerprint density at radius 1 is 1.17 bits per heavy atom. The first-order valence-corrected chi connectivity index (χ1v) is 13.0. The van der Waals surface area contributed by atoms with Gasteiger partial charge >= 0.3 is 6.09 Å². The Labute approximate surface area is 218 Å². The lowest BCUT2D eigenvalue weighted by Gasteiger charge is -2.42. The van der Waals surface area contributed by atoms with Crippen molar-refractivity contribution in [3.8, 4) is 0 Å². The van der Waals surface area contributed by atoms with E-state index < -0.39 is 17.7 Å². The third-order valence-electron chi connectivity index (χ3n) is 6.81. The number of fused-ring (bicyclic) bond motifs is 1. The number of aromatic nitrogens is 2. The fourth-order valence-electron chi connectivity index (χ4n) is 5.05. The van der Waals surface area contributed by atoms with Gasteiger partial charge in [-0.15, -0.1) is 0 Å². The number of nitrogens with zero attached hydrogens (tertiary/aromatic N) is 4. The highest BCUT2D eigenvalue weighted by molar-refractivity contribution is 6.30. The van der Waals surface area contributed by atoms with E-state index in [1.807, 2.05) is 17.0 Å². The van der Waals surface area contributed by atoms with Crippen molar-refractivity contribution in [2.45, 2.75) is 77.5 Å². The zero-order chi connectivity index (χ0) is 26.0. The van der Waals surface area contributed by atoms with E-state index in [-0.39, 0.29) is 11.9 Å². The van der Waals surface area contributed by atoms with Gasteiger partial charge in [-0.25, -0.2) is 14.8 Å². The smallest absolute Gasteiger partial charge is 0.408 e. The minimum absolute atomic E-state index is 0.0761. The van der Waals surface area contributed by atoms with Crippen molar-refractivity contribution < 1.29 is 14.3 Å². The summed E-state index contributed by atoms with van der Waals surface area (Å²) in [4.78, 5) is 39.5. The Hall–Kier alpha value is -2.87.